The quantitative estimate of drug-likeness (QED) is 0.196. The lowest BCUT2D eigenvalue weighted by atomic mass is 10.2. The molecule has 0 unspecified atom stereocenters. The van der Waals surface area contributed by atoms with E-state index in [0.717, 1.165) is 37.9 Å². The summed E-state index contributed by atoms with van der Waals surface area (Å²) >= 11 is 1.07. The number of aromatic amines is 1. The molecule has 1 aromatic heterocycles. The molecule has 3 rings (SSSR count). The van der Waals surface area contributed by atoms with Crippen molar-refractivity contribution >= 4 is 34.2 Å². The number of hydrogen-bond acceptors (Lipinski definition) is 7. The summed E-state index contributed by atoms with van der Waals surface area (Å²) in [5.74, 6) is 0.329. The van der Waals surface area contributed by atoms with Gasteiger partial charge in [0.1, 0.15) is 10.9 Å². The molecule has 1 aliphatic heterocycles. The van der Waals surface area contributed by atoms with Gasteiger partial charge in [0.15, 0.2) is 5.16 Å². The number of nitrogens with zero attached hydrogens (tertiary/aromatic N) is 2. The Hall–Kier alpha value is -2.69. The summed E-state index contributed by atoms with van der Waals surface area (Å²) in [5.41, 5.74) is 6.23. The van der Waals surface area contributed by atoms with E-state index in [2.05, 4.69) is 25.5 Å². The van der Waals surface area contributed by atoms with Gasteiger partial charge in [-0.25, -0.2) is 4.98 Å². The first-order chi connectivity index (χ1) is 13.0. The molecule has 1 amide bonds. The number of hydrogen-bond donors (Lipinski definition) is 5. The van der Waals surface area contributed by atoms with Crippen molar-refractivity contribution in [3.05, 3.63) is 46.2 Å². The molecule has 0 saturated carbocycles. The Morgan fingerprint density at radius 1 is 1.37 bits per heavy atom. The fraction of sp³-hybridized carbons (Fsp3) is 0.294. The van der Waals surface area contributed by atoms with E-state index in [0.29, 0.717) is 22.2 Å². The van der Waals surface area contributed by atoms with Crippen LogP contribution in [0.4, 0.5) is 11.5 Å². The van der Waals surface area contributed by atoms with Crippen LogP contribution in [-0.2, 0) is 4.79 Å². The van der Waals surface area contributed by atoms with Crippen molar-refractivity contribution in [3.63, 3.8) is 0 Å². The largest absolute Gasteiger partial charge is 0.345 e. The van der Waals surface area contributed by atoms with Crippen LogP contribution in [0.2, 0.25) is 0 Å². The standard InChI is InChI=1S/C17H21N7O2S/c18-10-15(26)21-12-3-1-2-11(8-12)16(19)27-17-22-13(9-14(25)23-17)24-6-4-20-5-7-24/h1-3,8-9,19-20H,4-7,10,18H2,(H,21,26)(H,22,23,25)/p+1. The number of nitrogens with two attached hydrogens (primary N) is 2. The molecular weight excluding hydrogens is 366 g/mol. The second kappa shape index (κ2) is 8.80. The first kappa shape index (κ1) is 19.1. The maximum Gasteiger partial charge on any atom is 0.253 e. The van der Waals surface area contributed by atoms with Gasteiger partial charge in [-0.05, 0) is 23.9 Å². The molecule has 0 atom stereocenters. The van der Waals surface area contributed by atoms with Crippen molar-refractivity contribution in [1.29, 1.82) is 5.41 Å². The van der Waals surface area contributed by atoms with Crippen molar-refractivity contribution < 1.29 is 10.1 Å². The molecule has 1 aromatic carbocycles. The number of anilines is 2. The van der Waals surface area contributed by atoms with Gasteiger partial charge < -0.3 is 26.3 Å². The van der Waals surface area contributed by atoms with Crippen LogP contribution in [0.25, 0.3) is 0 Å². The Morgan fingerprint density at radius 2 is 2.15 bits per heavy atom. The van der Waals surface area contributed by atoms with Gasteiger partial charge in [0, 0.05) is 17.3 Å². The molecule has 0 aliphatic carbocycles. The zero-order chi connectivity index (χ0) is 19.2. The Labute approximate surface area is 160 Å². The molecule has 2 heterocycles. The van der Waals surface area contributed by atoms with E-state index in [9.17, 15) is 9.59 Å². The number of amides is 1. The van der Waals surface area contributed by atoms with Crippen molar-refractivity contribution in [2.24, 2.45) is 5.73 Å². The Kier molecular flexibility index (Phi) is 6.22. The minimum atomic E-state index is -0.302. The molecule has 0 radical (unpaired) electrons. The van der Waals surface area contributed by atoms with Crippen molar-refractivity contribution in [2.45, 2.75) is 5.16 Å². The van der Waals surface area contributed by atoms with Gasteiger partial charge in [0.2, 0.25) is 5.91 Å². The Balaban J connectivity index is 1.76. The normalized spacial score (nSPS) is 14.0. The molecule has 10 heteroatoms. The van der Waals surface area contributed by atoms with Crippen LogP contribution in [0, 0.1) is 5.41 Å². The van der Waals surface area contributed by atoms with Gasteiger partial charge in [0.05, 0.1) is 32.7 Å². The van der Waals surface area contributed by atoms with E-state index in [1.54, 1.807) is 24.3 Å². The van der Waals surface area contributed by atoms with Gasteiger partial charge in [-0.2, -0.15) is 0 Å². The van der Waals surface area contributed by atoms with E-state index < -0.39 is 0 Å². The van der Waals surface area contributed by atoms with Gasteiger partial charge in [-0.3, -0.25) is 15.0 Å². The average molecular weight is 388 g/mol. The summed E-state index contributed by atoms with van der Waals surface area (Å²) in [7, 11) is 0. The van der Waals surface area contributed by atoms with Gasteiger partial charge in [-0.15, -0.1) is 0 Å². The lowest BCUT2D eigenvalue weighted by molar-refractivity contribution is -0.655. The maximum absolute atomic E-state index is 12.0. The summed E-state index contributed by atoms with van der Waals surface area (Å²) in [5, 5.41) is 13.8. The number of aromatic nitrogens is 2. The summed E-state index contributed by atoms with van der Waals surface area (Å²) in [4.78, 5) is 32.7. The number of nitrogens with one attached hydrogen (secondary N) is 3. The van der Waals surface area contributed by atoms with E-state index in [1.807, 2.05) is 0 Å². The van der Waals surface area contributed by atoms with Crippen molar-refractivity contribution in [1.82, 2.24) is 9.97 Å². The molecule has 1 aliphatic rings. The summed E-state index contributed by atoms with van der Waals surface area (Å²) in [6.07, 6.45) is 0. The smallest absolute Gasteiger partial charge is 0.253 e. The number of benzene rings is 1. The molecule has 1 fully saturated rings. The predicted molar refractivity (Wildman–Crippen MR) is 106 cm³/mol. The molecular formula is C17H22N7O2S+. The second-order valence-electron chi connectivity index (χ2n) is 6.03. The third-order valence-corrected chi connectivity index (χ3v) is 4.86. The SMILES string of the molecule is N=C(Sc1nc(N2CC[NH2+]CC2)cc(=O)[nH]1)c1cccc(NC(=O)CN)c1. The lowest BCUT2D eigenvalue weighted by Gasteiger charge is -2.26. The number of H-pyrrole nitrogens is 1. The van der Waals surface area contributed by atoms with Gasteiger partial charge in [-0.1, -0.05) is 12.1 Å². The van der Waals surface area contributed by atoms with E-state index in [1.165, 1.54) is 6.07 Å². The van der Waals surface area contributed by atoms with Crippen LogP contribution < -0.4 is 26.8 Å². The minimum Gasteiger partial charge on any atom is -0.345 e. The number of carbonyl (C=O) groups is 1. The second-order valence-corrected chi connectivity index (χ2v) is 7.03. The highest BCUT2D eigenvalue weighted by Crippen LogP contribution is 2.22. The van der Waals surface area contributed by atoms with E-state index in [4.69, 9.17) is 11.1 Å². The van der Waals surface area contributed by atoms with Crippen LogP contribution >= 0.6 is 11.8 Å². The molecule has 0 bridgehead atoms. The van der Waals surface area contributed by atoms with E-state index >= 15 is 0 Å². The first-order valence-corrected chi connectivity index (χ1v) is 9.41. The first-order valence-electron chi connectivity index (χ1n) is 8.60. The highest BCUT2D eigenvalue weighted by molar-refractivity contribution is 8.14. The monoisotopic (exact) mass is 388 g/mol. The Morgan fingerprint density at radius 3 is 2.89 bits per heavy atom. The number of piperazine rings is 1. The van der Waals surface area contributed by atoms with E-state index in [-0.39, 0.29) is 23.1 Å². The average Bonchev–Trinajstić information content (AvgIpc) is 2.68. The van der Waals surface area contributed by atoms with Crippen LogP contribution in [0.5, 0.6) is 0 Å². The fourth-order valence-electron chi connectivity index (χ4n) is 2.72. The molecule has 0 spiro atoms. The number of thioether (sulfide) groups is 1. The third-order valence-electron chi connectivity index (χ3n) is 4.03. The van der Waals surface area contributed by atoms with Crippen LogP contribution in [0.3, 0.4) is 0 Å². The minimum absolute atomic E-state index is 0.108. The maximum atomic E-state index is 12.0. The molecule has 2 aromatic rings. The van der Waals surface area contributed by atoms with Gasteiger partial charge >= 0.3 is 0 Å². The Bertz CT molecular complexity index is 893. The summed E-state index contributed by atoms with van der Waals surface area (Å²) in [6.45, 7) is 3.49. The number of quaternary nitrogens is 1. The molecule has 142 valence electrons. The number of carbonyl (C=O) groups excluding carboxylic acids is 1. The molecule has 7 N–H and O–H groups in total. The predicted octanol–water partition coefficient (Wildman–Crippen LogP) is -0.832. The van der Waals surface area contributed by atoms with Crippen LogP contribution in [0.1, 0.15) is 5.56 Å². The number of rotatable bonds is 5. The van der Waals surface area contributed by atoms with Gasteiger partial charge in [0.25, 0.3) is 5.56 Å². The zero-order valence-corrected chi connectivity index (χ0v) is 15.5. The zero-order valence-electron chi connectivity index (χ0n) is 14.7. The topological polar surface area (TPSA) is 145 Å². The summed E-state index contributed by atoms with van der Waals surface area (Å²) in [6, 6.07) is 8.40. The molecule has 9 nitrogen and oxygen atoms in total. The van der Waals surface area contributed by atoms with Crippen LogP contribution in [0.15, 0.2) is 40.3 Å². The van der Waals surface area contributed by atoms with Crippen LogP contribution in [-0.4, -0.2) is 53.6 Å². The van der Waals surface area contributed by atoms with Crippen molar-refractivity contribution in [2.75, 3.05) is 42.9 Å². The highest BCUT2D eigenvalue weighted by atomic mass is 32.2. The third kappa shape index (κ3) is 5.16. The lowest BCUT2D eigenvalue weighted by Crippen LogP contribution is -2.89. The highest BCUT2D eigenvalue weighted by Gasteiger charge is 2.16. The van der Waals surface area contributed by atoms with Crippen molar-refractivity contribution in [3.8, 4) is 0 Å². The molecule has 1 saturated heterocycles. The fourth-order valence-corrected chi connectivity index (χ4v) is 3.45. The summed E-state index contributed by atoms with van der Waals surface area (Å²) < 4.78 is 0. The molecule has 27 heavy (non-hydrogen) atoms.